The summed E-state index contributed by atoms with van der Waals surface area (Å²) in [5, 5.41) is 14.2. The second-order valence-electron chi connectivity index (χ2n) is 4.35. The maximum absolute atomic E-state index is 11.8. The molecule has 19 heavy (non-hydrogen) atoms. The van der Waals surface area contributed by atoms with Gasteiger partial charge in [-0.15, -0.1) is 0 Å². The predicted molar refractivity (Wildman–Crippen MR) is 78.1 cm³/mol. The van der Waals surface area contributed by atoms with E-state index in [4.69, 9.17) is 5.11 Å². The molecule has 102 valence electrons. The van der Waals surface area contributed by atoms with Crippen LogP contribution in [0.2, 0.25) is 0 Å². The van der Waals surface area contributed by atoms with E-state index in [-0.39, 0.29) is 5.92 Å². The molecule has 1 aliphatic rings. The van der Waals surface area contributed by atoms with E-state index < -0.39 is 18.0 Å². The third-order valence-corrected chi connectivity index (χ3v) is 4.17. The van der Waals surface area contributed by atoms with E-state index in [9.17, 15) is 9.59 Å². The van der Waals surface area contributed by atoms with Gasteiger partial charge in [0.05, 0.1) is 5.69 Å². The van der Waals surface area contributed by atoms with Crippen LogP contribution in [0.4, 0.5) is 10.5 Å². The van der Waals surface area contributed by atoms with Crippen LogP contribution >= 0.6 is 31.9 Å². The second kappa shape index (κ2) is 5.92. The van der Waals surface area contributed by atoms with Crippen LogP contribution in [0.25, 0.3) is 0 Å². The van der Waals surface area contributed by atoms with E-state index >= 15 is 0 Å². The molecule has 1 aromatic carbocycles. The standard InChI is InChI=1S/C12H12Br2N2O3/c13-7-2-1-3-8(14)10(7)16-12(19)15-9(11(17)18)6-4-5-6/h1-3,6,9H,4-5H2,(H,17,18)(H2,15,16,19). The van der Waals surface area contributed by atoms with Crippen molar-refractivity contribution in [1.82, 2.24) is 5.32 Å². The van der Waals surface area contributed by atoms with Crippen molar-refractivity contribution < 1.29 is 14.7 Å². The van der Waals surface area contributed by atoms with Gasteiger partial charge >= 0.3 is 12.0 Å². The summed E-state index contributed by atoms with van der Waals surface area (Å²) in [6.07, 6.45) is 1.69. The number of aliphatic carboxylic acids is 1. The average molecular weight is 392 g/mol. The third-order valence-electron chi connectivity index (χ3n) is 2.85. The second-order valence-corrected chi connectivity index (χ2v) is 6.06. The van der Waals surface area contributed by atoms with E-state index in [0.717, 1.165) is 21.8 Å². The number of carboxylic acid groups (broad SMARTS) is 1. The van der Waals surface area contributed by atoms with Crippen LogP contribution in [0.15, 0.2) is 27.1 Å². The van der Waals surface area contributed by atoms with E-state index in [1.54, 1.807) is 12.1 Å². The number of carboxylic acids is 1. The summed E-state index contributed by atoms with van der Waals surface area (Å²) in [6.45, 7) is 0. The van der Waals surface area contributed by atoms with Crippen molar-refractivity contribution in [3.05, 3.63) is 27.1 Å². The molecular weight excluding hydrogens is 380 g/mol. The van der Waals surface area contributed by atoms with Crippen LogP contribution in [-0.2, 0) is 4.79 Å². The SMILES string of the molecule is O=C(Nc1c(Br)cccc1Br)NC(C(=O)O)C1CC1. The first kappa shape index (κ1) is 14.3. The Bertz CT molecular complexity index is 497. The molecule has 0 heterocycles. The van der Waals surface area contributed by atoms with Gasteiger partial charge in [0.1, 0.15) is 6.04 Å². The smallest absolute Gasteiger partial charge is 0.326 e. The molecule has 0 spiro atoms. The molecule has 0 radical (unpaired) electrons. The summed E-state index contributed by atoms with van der Waals surface area (Å²) in [5.74, 6) is -0.949. The van der Waals surface area contributed by atoms with Crippen LogP contribution < -0.4 is 10.6 Å². The maximum Gasteiger partial charge on any atom is 0.326 e. The number of rotatable bonds is 4. The molecule has 1 aliphatic carbocycles. The van der Waals surface area contributed by atoms with Gasteiger partial charge in [-0.2, -0.15) is 0 Å². The van der Waals surface area contributed by atoms with Gasteiger partial charge in [-0.05, 0) is 62.8 Å². The number of hydrogen-bond donors (Lipinski definition) is 3. The first-order valence-corrected chi connectivity index (χ1v) is 7.32. The Labute approximate surface area is 127 Å². The number of anilines is 1. The van der Waals surface area contributed by atoms with E-state index in [1.807, 2.05) is 6.07 Å². The summed E-state index contributed by atoms with van der Waals surface area (Å²) in [6, 6.07) is 4.06. The fourth-order valence-electron chi connectivity index (χ4n) is 1.72. The highest BCUT2D eigenvalue weighted by molar-refractivity contribution is 9.11. The van der Waals surface area contributed by atoms with Crippen LogP contribution in [0.1, 0.15) is 12.8 Å². The number of hydrogen-bond acceptors (Lipinski definition) is 2. The Hall–Kier alpha value is -1.08. The quantitative estimate of drug-likeness (QED) is 0.737. The van der Waals surface area contributed by atoms with E-state index in [1.165, 1.54) is 0 Å². The summed E-state index contributed by atoms with van der Waals surface area (Å²) in [4.78, 5) is 22.9. The minimum absolute atomic E-state index is 0.0471. The Morgan fingerprint density at radius 3 is 2.32 bits per heavy atom. The van der Waals surface area contributed by atoms with Crippen LogP contribution in [0, 0.1) is 5.92 Å². The minimum Gasteiger partial charge on any atom is -0.480 e. The largest absolute Gasteiger partial charge is 0.480 e. The Balaban J connectivity index is 2.02. The van der Waals surface area contributed by atoms with Crippen molar-refractivity contribution in [2.45, 2.75) is 18.9 Å². The highest BCUT2D eigenvalue weighted by Gasteiger charge is 2.37. The summed E-state index contributed by atoms with van der Waals surface area (Å²) in [7, 11) is 0. The molecule has 1 aromatic rings. The van der Waals surface area contributed by atoms with Gasteiger partial charge in [-0.3, -0.25) is 0 Å². The van der Waals surface area contributed by atoms with Crippen molar-refractivity contribution in [3.63, 3.8) is 0 Å². The number of carbonyl (C=O) groups is 2. The first-order chi connectivity index (χ1) is 8.99. The fourth-order valence-corrected chi connectivity index (χ4v) is 2.92. The molecule has 7 heteroatoms. The number of benzene rings is 1. The molecular formula is C12H12Br2N2O3. The van der Waals surface area contributed by atoms with Gasteiger partial charge < -0.3 is 15.7 Å². The molecule has 1 atom stereocenters. The zero-order valence-corrected chi connectivity index (χ0v) is 13.0. The molecule has 3 N–H and O–H groups in total. The van der Waals surface area contributed by atoms with Crippen molar-refractivity contribution in [1.29, 1.82) is 0 Å². The number of carbonyl (C=O) groups excluding carboxylic acids is 1. The van der Waals surface area contributed by atoms with Gasteiger partial charge in [-0.1, -0.05) is 6.07 Å². The van der Waals surface area contributed by atoms with Gasteiger partial charge in [0.25, 0.3) is 0 Å². The summed E-state index contributed by atoms with van der Waals surface area (Å²) < 4.78 is 1.44. The third kappa shape index (κ3) is 3.70. The molecule has 0 aromatic heterocycles. The minimum atomic E-state index is -0.996. The lowest BCUT2D eigenvalue weighted by molar-refractivity contribution is -0.139. The Morgan fingerprint density at radius 2 is 1.84 bits per heavy atom. The molecule has 2 amide bonds. The van der Waals surface area contributed by atoms with Crippen LogP contribution in [-0.4, -0.2) is 23.1 Å². The lowest BCUT2D eigenvalue weighted by Crippen LogP contribution is -2.44. The van der Waals surface area contributed by atoms with Gasteiger partial charge in [-0.25, -0.2) is 9.59 Å². The molecule has 1 saturated carbocycles. The lowest BCUT2D eigenvalue weighted by Gasteiger charge is -2.15. The predicted octanol–water partition coefficient (Wildman–Crippen LogP) is 3.20. The highest BCUT2D eigenvalue weighted by Crippen LogP contribution is 2.33. The highest BCUT2D eigenvalue weighted by atomic mass is 79.9. The topological polar surface area (TPSA) is 78.4 Å². The molecule has 1 unspecified atom stereocenters. The van der Waals surface area contributed by atoms with Gasteiger partial charge in [0.15, 0.2) is 0 Å². The molecule has 0 bridgehead atoms. The number of nitrogens with one attached hydrogen (secondary N) is 2. The Morgan fingerprint density at radius 1 is 1.26 bits per heavy atom. The fraction of sp³-hybridized carbons (Fsp3) is 0.333. The molecule has 1 fully saturated rings. The average Bonchev–Trinajstić information content (AvgIpc) is 3.15. The Kier molecular flexibility index (Phi) is 4.46. The molecule has 0 saturated heterocycles. The van der Waals surface area contributed by atoms with Gasteiger partial charge in [0, 0.05) is 8.95 Å². The lowest BCUT2D eigenvalue weighted by atomic mass is 10.2. The zero-order chi connectivity index (χ0) is 14.0. The molecule has 0 aliphatic heterocycles. The maximum atomic E-state index is 11.8. The van der Waals surface area contributed by atoms with E-state index in [0.29, 0.717) is 5.69 Å². The monoisotopic (exact) mass is 390 g/mol. The number of halogens is 2. The summed E-state index contributed by atoms with van der Waals surface area (Å²) in [5.41, 5.74) is 0.569. The number of amides is 2. The number of urea groups is 1. The van der Waals surface area contributed by atoms with Crippen molar-refractivity contribution in [2.24, 2.45) is 5.92 Å². The van der Waals surface area contributed by atoms with Crippen LogP contribution in [0.3, 0.4) is 0 Å². The first-order valence-electron chi connectivity index (χ1n) is 5.73. The summed E-state index contributed by atoms with van der Waals surface area (Å²) >= 11 is 6.65. The van der Waals surface area contributed by atoms with Crippen LogP contribution in [0.5, 0.6) is 0 Å². The van der Waals surface area contributed by atoms with Gasteiger partial charge in [0.2, 0.25) is 0 Å². The number of para-hydroxylation sites is 1. The molecule has 2 rings (SSSR count). The zero-order valence-electron chi connectivity index (χ0n) is 9.82. The normalized spacial score (nSPS) is 15.7. The van der Waals surface area contributed by atoms with Crippen molar-refractivity contribution >= 4 is 49.5 Å². The van der Waals surface area contributed by atoms with E-state index in [2.05, 4.69) is 42.5 Å². The van der Waals surface area contributed by atoms with Crippen molar-refractivity contribution in [3.8, 4) is 0 Å². The molecule has 5 nitrogen and oxygen atoms in total. The van der Waals surface area contributed by atoms with Crippen molar-refractivity contribution in [2.75, 3.05) is 5.32 Å².